The highest BCUT2D eigenvalue weighted by Gasteiger charge is 2.27. The standard InChI is InChI=1S/C19H21N3O2.C15H14N2/c1-12-5-8-14(9-6-12)16-17(18(23)19(24)21(3)4)22-11-13(2)7-10-15(22)20-16;1-11-3-6-13(7-4-11)14-10-17-9-12(2)5-8-15(17)16-14/h5-11,18,23H,1-4H3;3-10H,1-2H3/i1D3,2D3,3D3,4D3,5D,6D,7D,8D,9D,10D,11D;1D3,2D3,3D,4D,5D,6D,7D,8D,9D,10D. The van der Waals surface area contributed by atoms with E-state index < -0.39 is 211 Å². The number of carbonyl (C=O) groups excluding carboxylic acids is 1. The normalized spacial score (nSPS) is 25.2. The fourth-order valence-corrected chi connectivity index (χ4v) is 3.30. The van der Waals surface area contributed by atoms with Gasteiger partial charge in [0.1, 0.15) is 11.3 Å². The van der Waals surface area contributed by atoms with Crippen molar-refractivity contribution in [1.82, 2.24) is 23.7 Å². The molecule has 0 saturated carbocycles. The zero-order valence-electron chi connectivity index (χ0n) is 53.2. The summed E-state index contributed by atoms with van der Waals surface area (Å²) in [5.41, 5.74) is -9.06. The van der Waals surface area contributed by atoms with Crippen LogP contribution in [0, 0.1) is 27.4 Å². The van der Waals surface area contributed by atoms with Crippen LogP contribution in [0.3, 0.4) is 0 Å². The number of hydrogen-bond acceptors (Lipinski definition) is 4. The van der Waals surface area contributed by atoms with Crippen molar-refractivity contribution in [3.63, 3.8) is 0 Å². The predicted molar refractivity (Wildman–Crippen MR) is 164 cm³/mol. The molecule has 6 aromatic rings. The van der Waals surface area contributed by atoms with Crippen molar-refractivity contribution in [2.24, 2.45) is 0 Å². The third-order valence-corrected chi connectivity index (χ3v) is 5.04. The van der Waals surface area contributed by atoms with Gasteiger partial charge in [0.25, 0.3) is 5.91 Å². The van der Waals surface area contributed by atoms with Crippen molar-refractivity contribution in [3.8, 4) is 22.5 Å². The van der Waals surface area contributed by atoms with Gasteiger partial charge in [-0.25, -0.2) is 9.97 Å². The molecule has 6 rings (SSSR count). The molecule has 0 fully saturated rings. The lowest BCUT2D eigenvalue weighted by atomic mass is 10.1. The lowest BCUT2D eigenvalue weighted by Gasteiger charge is -2.17. The topological polar surface area (TPSA) is 75.1 Å². The molecule has 7 heteroatoms. The van der Waals surface area contributed by atoms with Crippen molar-refractivity contribution in [2.75, 3.05) is 14.0 Å². The summed E-state index contributed by atoms with van der Waals surface area (Å²) in [7, 11) is 0. The average Bonchev–Trinajstić information content (AvgIpc) is 3.77. The smallest absolute Gasteiger partial charge is 0.257 e. The SMILES string of the molecule is [2H]c1c([2H])c(C([2H])([2H])[2H])c([2H])c([2H])c1-c1nc2c([2H])c([2H])c(C([2H])([2H])[2H])c([2H])n2c1C(O)C(=O)N(C([2H])([2H])[2H])C([2H])([2H])[2H].[2H]c1c([2H])c(C([2H])([2H])[2H])c([2H])c([2H])c1-c1nc2c([2H])c([2H])c(C([2H])([2H])[2H])c([2H])n2c1[2H]. The predicted octanol–water partition coefficient (Wildman–Crippen LogP) is 6.36. The van der Waals surface area contributed by atoms with Crippen LogP contribution >= 0.6 is 0 Å². The Balaban J connectivity index is 0.000000288. The number of carbonyl (C=O) groups is 1. The van der Waals surface area contributed by atoms with Gasteiger partial charge in [-0.2, -0.15) is 0 Å². The molecule has 1 N–H and O–H groups in total. The van der Waals surface area contributed by atoms with Gasteiger partial charge in [-0.15, -0.1) is 0 Å². The number of amides is 1. The molecule has 0 aliphatic heterocycles. The van der Waals surface area contributed by atoms with E-state index in [1.807, 2.05) is 0 Å². The van der Waals surface area contributed by atoms with Crippen LogP contribution in [0.5, 0.6) is 0 Å². The molecule has 7 nitrogen and oxygen atoms in total. The van der Waals surface area contributed by atoms with Crippen LogP contribution in [0.25, 0.3) is 33.8 Å². The molecule has 208 valence electrons. The first-order chi connectivity index (χ1) is 33.2. The summed E-state index contributed by atoms with van der Waals surface area (Å²) >= 11 is 0. The lowest BCUT2D eigenvalue weighted by Crippen LogP contribution is -2.29. The highest BCUT2D eigenvalue weighted by atomic mass is 16.3. The largest absolute Gasteiger partial charge is 0.377 e. The van der Waals surface area contributed by atoms with Gasteiger partial charge in [0.2, 0.25) is 0 Å². The molecule has 1 amide bonds. The number of likely N-dealkylation sites (N-methyl/N-ethyl adjacent to an activating group) is 1. The number of aliphatic hydroxyl groups is 1. The van der Waals surface area contributed by atoms with Crippen LogP contribution in [0.4, 0.5) is 0 Å². The van der Waals surface area contributed by atoms with Gasteiger partial charge in [-0.3, -0.25) is 9.20 Å². The van der Waals surface area contributed by atoms with Gasteiger partial charge in [0, 0.05) is 68.3 Å². The number of aliphatic hydroxyl groups excluding tert-OH is 1. The Labute approximate surface area is 286 Å². The third-order valence-electron chi connectivity index (χ3n) is 5.04. The van der Waals surface area contributed by atoms with E-state index in [0.29, 0.717) is 8.80 Å². The Morgan fingerprint density at radius 3 is 1.98 bits per heavy atom. The van der Waals surface area contributed by atoms with Crippen LogP contribution in [0.15, 0.2) is 91.0 Å². The molecule has 41 heavy (non-hydrogen) atoms. The van der Waals surface area contributed by atoms with E-state index in [9.17, 15) is 9.90 Å². The second-order valence-corrected chi connectivity index (χ2v) is 7.79. The average molecular weight is 579 g/mol. The maximum Gasteiger partial charge on any atom is 0.257 e. The summed E-state index contributed by atoms with van der Waals surface area (Å²) in [5.74, 6) is -2.08. The van der Waals surface area contributed by atoms with Gasteiger partial charge in [-0.1, -0.05) is 71.6 Å². The van der Waals surface area contributed by atoms with E-state index in [1.165, 1.54) is 0 Å². The third kappa shape index (κ3) is 5.90. The fourth-order valence-electron chi connectivity index (χ4n) is 3.30. The van der Waals surface area contributed by atoms with Gasteiger partial charge in [-0.05, 0) is 50.6 Å². The Morgan fingerprint density at radius 2 is 1.34 bits per heavy atom. The number of benzene rings is 2. The highest BCUT2D eigenvalue weighted by molar-refractivity contribution is 5.84. The van der Waals surface area contributed by atoms with E-state index in [2.05, 4.69) is 9.97 Å². The van der Waals surface area contributed by atoms with Gasteiger partial charge >= 0.3 is 0 Å². The maximum atomic E-state index is 13.3. The summed E-state index contributed by atoms with van der Waals surface area (Å²) in [6, 6.07) is -11.3. The fraction of sp³-hybridized carbons (Fsp3) is 0.206. The summed E-state index contributed by atoms with van der Waals surface area (Å²) in [4.78, 5) is 20.5. The maximum absolute atomic E-state index is 13.3. The number of aromatic nitrogens is 4. The van der Waals surface area contributed by atoms with Gasteiger partial charge in [0.05, 0.1) is 37.6 Å². The van der Waals surface area contributed by atoms with E-state index >= 15 is 0 Å². The molecule has 4 heterocycles. The molecule has 4 aromatic heterocycles. The summed E-state index contributed by atoms with van der Waals surface area (Å²) in [6.07, 6.45) is -5.66. The molecule has 0 bridgehead atoms. The monoisotopic (exact) mass is 578 g/mol. The van der Waals surface area contributed by atoms with Crippen molar-refractivity contribution < 1.29 is 55.1 Å². The van der Waals surface area contributed by atoms with Gasteiger partial charge < -0.3 is 14.4 Å². The quantitative estimate of drug-likeness (QED) is 0.264. The molecule has 0 spiro atoms. The number of hydrogen-bond donors (Lipinski definition) is 1. The number of imidazole rings is 2. The molecular weight excluding hydrogens is 510 g/mol. The molecule has 2 aromatic carbocycles. The summed E-state index contributed by atoms with van der Waals surface area (Å²) in [5, 5.41) is 11.2. The summed E-state index contributed by atoms with van der Waals surface area (Å²) in [6.45, 7) is -19.7. The lowest BCUT2D eigenvalue weighted by molar-refractivity contribution is -0.138. The van der Waals surface area contributed by atoms with E-state index in [4.69, 9.17) is 45.2 Å². The number of nitrogens with zero attached hydrogens (tertiary/aromatic N) is 5. The Hall–Kier alpha value is -4.75. The number of rotatable bonds is 4. The van der Waals surface area contributed by atoms with Crippen LogP contribution in [-0.2, 0) is 4.79 Å². The van der Waals surface area contributed by atoms with Crippen molar-refractivity contribution in [3.05, 3.63) is 119 Å². The second kappa shape index (κ2) is 11.4. The Kier molecular flexibility index (Phi) is 2.33. The van der Waals surface area contributed by atoms with Crippen molar-refractivity contribution in [2.45, 2.75) is 33.5 Å². The van der Waals surface area contributed by atoms with E-state index in [0.717, 1.165) is 0 Å². The van der Waals surface area contributed by atoms with Crippen molar-refractivity contribution >= 4 is 17.2 Å². The molecular formula is C34H35N5O2. The van der Waals surface area contributed by atoms with Crippen LogP contribution in [0.2, 0.25) is 0 Å². The highest BCUT2D eigenvalue weighted by Crippen LogP contribution is 2.30. The zero-order chi connectivity index (χ0) is 57.3. The molecule has 1 atom stereocenters. The number of pyridine rings is 2. The molecule has 0 aliphatic rings. The molecule has 0 saturated heterocycles. The summed E-state index contributed by atoms with van der Waals surface area (Å²) < 4.78 is 260. The minimum atomic E-state index is -3.71. The Bertz CT molecular complexity index is 3230. The van der Waals surface area contributed by atoms with E-state index in [-0.39, 0.29) is 0 Å². The Morgan fingerprint density at radius 1 is 0.756 bits per heavy atom. The number of fused-ring (bicyclic) bond motifs is 2. The van der Waals surface area contributed by atoms with Crippen LogP contribution < -0.4 is 0 Å². The first-order valence-corrected chi connectivity index (χ1v) is 10.9. The van der Waals surface area contributed by atoms with Crippen LogP contribution in [0.1, 0.15) is 79.3 Å². The van der Waals surface area contributed by atoms with Crippen LogP contribution in [-0.4, -0.2) is 48.6 Å². The van der Waals surface area contributed by atoms with Crippen molar-refractivity contribution in [1.29, 1.82) is 0 Å². The molecule has 0 radical (unpaired) electrons. The second-order valence-electron chi connectivity index (χ2n) is 7.79. The molecule has 0 aliphatic carbocycles. The first kappa shape index (κ1) is 8.39. The molecule has 1 unspecified atom stereocenters. The first-order valence-electron chi connectivity index (χ1n) is 27.4. The minimum absolute atomic E-state index is 0.320. The van der Waals surface area contributed by atoms with Gasteiger partial charge in [0.15, 0.2) is 6.10 Å². The zero-order valence-corrected chi connectivity index (χ0v) is 20.2. The van der Waals surface area contributed by atoms with E-state index in [1.54, 1.807) is 0 Å². The minimum Gasteiger partial charge on any atom is -0.377 e.